The predicted molar refractivity (Wildman–Crippen MR) is 72.9 cm³/mol. The van der Waals surface area contributed by atoms with E-state index in [2.05, 4.69) is 26.2 Å². The van der Waals surface area contributed by atoms with Gasteiger partial charge in [-0.1, -0.05) is 15.9 Å². The highest BCUT2D eigenvalue weighted by Crippen LogP contribution is 2.14. The molecule has 0 saturated heterocycles. The SMILES string of the molecule is NCc1nccn1CC(=O)Nc1ccc(Br)cc1. The van der Waals surface area contributed by atoms with Crippen LogP contribution in [0.2, 0.25) is 0 Å². The number of carbonyl (C=O) groups is 1. The summed E-state index contributed by atoms with van der Waals surface area (Å²) in [5.74, 6) is 0.589. The van der Waals surface area contributed by atoms with E-state index in [9.17, 15) is 4.79 Å². The minimum Gasteiger partial charge on any atom is -0.325 e. The Hall–Kier alpha value is -1.66. The lowest BCUT2D eigenvalue weighted by Gasteiger charge is -2.08. The van der Waals surface area contributed by atoms with E-state index in [1.165, 1.54) is 0 Å². The van der Waals surface area contributed by atoms with Crippen molar-refractivity contribution in [3.8, 4) is 0 Å². The molecule has 1 amide bonds. The fraction of sp³-hybridized carbons (Fsp3) is 0.167. The van der Waals surface area contributed by atoms with Crippen LogP contribution in [-0.2, 0) is 17.9 Å². The summed E-state index contributed by atoms with van der Waals surface area (Å²) in [5.41, 5.74) is 6.28. The van der Waals surface area contributed by atoms with E-state index in [-0.39, 0.29) is 12.5 Å². The molecular formula is C12H13BrN4O. The molecule has 1 aromatic carbocycles. The van der Waals surface area contributed by atoms with Gasteiger partial charge in [-0.05, 0) is 24.3 Å². The van der Waals surface area contributed by atoms with E-state index in [1.807, 2.05) is 24.3 Å². The number of carbonyl (C=O) groups excluding carboxylic acids is 1. The van der Waals surface area contributed by atoms with Gasteiger partial charge in [-0.25, -0.2) is 4.98 Å². The van der Waals surface area contributed by atoms with Gasteiger partial charge in [0.2, 0.25) is 5.91 Å². The van der Waals surface area contributed by atoms with Crippen LogP contribution >= 0.6 is 15.9 Å². The molecule has 0 fully saturated rings. The van der Waals surface area contributed by atoms with E-state index in [4.69, 9.17) is 5.73 Å². The Morgan fingerprint density at radius 2 is 2.11 bits per heavy atom. The smallest absolute Gasteiger partial charge is 0.244 e. The first-order valence-corrected chi connectivity index (χ1v) is 6.24. The molecular weight excluding hydrogens is 296 g/mol. The number of hydrogen-bond acceptors (Lipinski definition) is 3. The molecule has 0 unspecified atom stereocenters. The maximum atomic E-state index is 11.8. The summed E-state index contributed by atoms with van der Waals surface area (Å²) in [6.07, 6.45) is 3.37. The van der Waals surface area contributed by atoms with Crippen molar-refractivity contribution in [2.75, 3.05) is 5.32 Å². The van der Waals surface area contributed by atoms with Gasteiger partial charge in [-0.15, -0.1) is 0 Å². The number of nitrogens with zero attached hydrogens (tertiary/aromatic N) is 2. The van der Waals surface area contributed by atoms with Crippen LogP contribution in [0.5, 0.6) is 0 Å². The van der Waals surface area contributed by atoms with Crippen LogP contribution < -0.4 is 11.1 Å². The molecule has 0 bridgehead atoms. The number of benzene rings is 1. The summed E-state index contributed by atoms with van der Waals surface area (Å²) in [5, 5.41) is 2.81. The van der Waals surface area contributed by atoms with Gasteiger partial charge < -0.3 is 15.6 Å². The topological polar surface area (TPSA) is 72.9 Å². The van der Waals surface area contributed by atoms with Gasteiger partial charge in [0.15, 0.2) is 0 Å². The lowest BCUT2D eigenvalue weighted by Crippen LogP contribution is -2.20. The van der Waals surface area contributed by atoms with Crippen LogP contribution in [0.4, 0.5) is 5.69 Å². The molecule has 0 saturated carbocycles. The fourth-order valence-electron chi connectivity index (χ4n) is 1.56. The van der Waals surface area contributed by atoms with Crippen molar-refractivity contribution in [3.63, 3.8) is 0 Å². The lowest BCUT2D eigenvalue weighted by molar-refractivity contribution is -0.116. The molecule has 2 aromatic rings. The fourth-order valence-corrected chi connectivity index (χ4v) is 1.83. The Morgan fingerprint density at radius 1 is 1.39 bits per heavy atom. The maximum absolute atomic E-state index is 11.8. The lowest BCUT2D eigenvalue weighted by atomic mass is 10.3. The number of nitrogens with one attached hydrogen (secondary N) is 1. The van der Waals surface area contributed by atoms with Gasteiger partial charge in [-0.3, -0.25) is 4.79 Å². The highest BCUT2D eigenvalue weighted by molar-refractivity contribution is 9.10. The Morgan fingerprint density at radius 3 is 2.78 bits per heavy atom. The van der Waals surface area contributed by atoms with Crippen molar-refractivity contribution < 1.29 is 4.79 Å². The molecule has 1 aromatic heterocycles. The summed E-state index contributed by atoms with van der Waals surface area (Å²) in [4.78, 5) is 15.9. The highest BCUT2D eigenvalue weighted by atomic mass is 79.9. The molecule has 2 rings (SSSR count). The van der Waals surface area contributed by atoms with Crippen molar-refractivity contribution in [1.29, 1.82) is 0 Å². The van der Waals surface area contributed by atoms with Gasteiger partial charge in [0, 0.05) is 22.6 Å². The standard InChI is InChI=1S/C12H13BrN4O/c13-9-1-3-10(4-2-9)16-12(18)8-17-6-5-15-11(17)7-14/h1-6H,7-8,14H2,(H,16,18). The number of amides is 1. The van der Waals surface area contributed by atoms with E-state index in [0.29, 0.717) is 12.4 Å². The molecule has 6 heteroatoms. The number of anilines is 1. The van der Waals surface area contributed by atoms with Gasteiger partial charge in [0.05, 0.1) is 6.54 Å². The summed E-state index contributed by atoms with van der Waals surface area (Å²) < 4.78 is 2.70. The zero-order valence-corrected chi connectivity index (χ0v) is 11.2. The van der Waals surface area contributed by atoms with Crippen LogP contribution in [0.3, 0.4) is 0 Å². The van der Waals surface area contributed by atoms with Gasteiger partial charge in [-0.2, -0.15) is 0 Å². The largest absolute Gasteiger partial charge is 0.325 e. The molecule has 0 radical (unpaired) electrons. The summed E-state index contributed by atoms with van der Waals surface area (Å²) in [7, 11) is 0. The molecule has 1 heterocycles. The van der Waals surface area contributed by atoms with E-state index in [0.717, 1.165) is 10.2 Å². The third kappa shape index (κ3) is 3.18. The number of nitrogens with two attached hydrogens (primary N) is 1. The summed E-state index contributed by atoms with van der Waals surface area (Å²) >= 11 is 3.34. The van der Waals surface area contributed by atoms with E-state index < -0.39 is 0 Å². The first-order valence-electron chi connectivity index (χ1n) is 5.44. The quantitative estimate of drug-likeness (QED) is 0.903. The molecule has 3 N–H and O–H groups in total. The van der Waals surface area contributed by atoms with Gasteiger partial charge >= 0.3 is 0 Å². The second kappa shape index (κ2) is 5.79. The number of rotatable bonds is 4. The van der Waals surface area contributed by atoms with Crippen LogP contribution in [0.25, 0.3) is 0 Å². The average Bonchev–Trinajstić information content (AvgIpc) is 2.79. The Labute approximate surface area is 113 Å². The molecule has 0 aliphatic carbocycles. The molecule has 0 atom stereocenters. The summed E-state index contributed by atoms with van der Waals surface area (Å²) in [6, 6.07) is 7.41. The van der Waals surface area contributed by atoms with Crippen LogP contribution in [0, 0.1) is 0 Å². The minimum absolute atomic E-state index is 0.106. The molecule has 5 nitrogen and oxygen atoms in total. The normalized spacial score (nSPS) is 10.3. The number of hydrogen-bond donors (Lipinski definition) is 2. The molecule has 94 valence electrons. The van der Waals surface area contributed by atoms with Crippen molar-refractivity contribution >= 4 is 27.5 Å². The van der Waals surface area contributed by atoms with Crippen LogP contribution in [-0.4, -0.2) is 15.5 Å². The monoisotopic (exact) mass is 308 g/mol. The second-order valence-corrected chi connectivity index (χ2v) is 4.65. The number of imidazole rings is 1. The number of halogens is 1. The first-order chi connectivity index (χ1) is 8.69. The third-order valence-corrected chi connectivity index (χ3v) is 2.95. The maximum Gasteiger partial charge on any atom is 0.244 e. The number of aromatic nitrogens is 2. The van der Waals surface area contributed by atoms with Crippen LogP contribution in [0.15, 0.2) is 41.1 Å². The zero-order valence-electron chi connectivity index (χ0n) is 9.64. The first kappa shape index (κ1) is 12.8. The van der Waals surface area contributed by atoms with Gasteiger partial charge in [0.25, 0.3) is 0 Å². The molecule has 18 heavy (non-hydrogen) atoms. The average molecular weight is 309 g/mol. The second-order valence-electron chi connectivity index (χ2n) is 3.73. The van der Waals surface area contributed by atoms with Crippen LogP contribution in [0.1, 0.15) is 5.82 Å². The van der Waals surface area contributed by atoms with Crippen molar-refractivity contribution in [1.82, 2.24) is 9.55 Å². The predicted octanol–water partition coefficient (Wildman–Crippen LogP) is 1.74. The Bertz CT molecular complexity index is 535. The van der Waals surface area contributed by atoms with E-state index >= 15 is 0 Å². The minimum atomic E-state index is -0.106. The van der Waals surface area contributed by atoms with Crippen molar-refractivity contribution in [2.45, 2.75) is 13.1 Å². The van der Waals surface area contributed by atoms with Crippen molar-refractivity contribution in [3.05, 3.63) is 47.0 Å². The Balaban J connectivity index is 1.99. The highest BCUT2D eigenvalue weighted by Gasteiger charge is 2.06. The molecule has 0 aliphatic rings. The van der Waals surface area contributed by atoms with E-state index in [1.54, 1.807) is 17.0 Å². The third-order valence-electron chi connectivity index (χ3n) is 2.43. The summed E-state index contributed by atoms with van der Waals surface area (Å²) in [6.45, 7) is 0.529. The Kier molecular flexibility index (Phi) is 4.11. The molecule has 0 aliphatic heterocycles. The van der Waals surface area contributed by atoms with Gasteiger partial charge in [0.1, 0.15) is 12.4 Å². The molecule has 0 spiro atoms. The van der Waals surface area contributed by atoms with Crippen molar-refractivity contribution in [2.24, 2.45) is 5.73 Å². The zero-order chi connectivity index (χ0) is 13.0.